The Balaban J connectivity index is 2.51. The number of hydrogen-bond acceptors (Lipinski definition) is 6. The topological polar surface area (TPSA) is 71.0 Å². The lowest BCUT2D eigenvalue weighted by Gasteiger charge is -2.24. The molecule has 1 amide bonds. The molecule has 0 aliphatic rings. The molecule has 0 atom stereocenters. The van der Waals surface area contributed by atoms with Gasteiger partial charge in [-0.3, -0.25) is 0 Å². The molecule has 0 aromatic heterocycles. The SMILES string of the molecule is COc1ccc(SN(CCCNC(=O)OC(C)(C)C)CC(C)C)cc1O. The standard InChI is InChI=1S/C19H32N2O4S/c1-14(2)13-21(11-7-10-20-18(23)25-19(3,4)5)26-15-8-9-17(24-6)16(22)12-15/h8-9,12,14,22H,7,10-11,13H2,1-6H3,(H,20,23). The quantitative estimate of drug-likeness (QED) is 0.489. The first-order chi connectivity index (χ1) is 12.1. The molecule has 0 fully saturated rings. The molecule has 1 rings (SSSR count). The van der Waals surface area contributed by atoms with Crippen LogP contribution < -0.4 is 10.1 Å². The summed E-state index contributed by atoms with van der Waals surface area (Å²) in [4.78, 5) is 12.6. The lowest BCUT2D eigenvalue weighted by molar-refractivity contribution is 0.0526. The molecule has 26 heavy (non-hydrogen) atoms. The van der Waals surface area contributed by atoms with E-state index in [9.17, 15) is 9.90 Å². The average Bonchev–Trinajstić information content (AvgIpc) is 2.49. The van der Waals surface area contributed by atoms with Crippen molar-refractivity contribution in [2.45, 2.75) is 51.5 Å². The highest BCUT2D eigenvalue weighted by molar-refractivity contribution is 7.97. The van der Waals surface area contributed by atoms with Crippen LogP contribution in [0.1, 0.15) is 41.0 Å². The van der Waals surface area contributed by atoms with Gasteiger partial charge in [0.2, 0.25) is 0 Å². The van der Waals surface area contributed by atoms with Crippen molar-refractivity contribution in [3.05, 3.63) is 18.2 Å². The second kappa shape index (κ2) is 10.5. The third kappa shape index (κ3) is 9.20. The Morgan fingerprint density at radius 3 is 2.58 bits per heavy atom. The number of methoxy groups -OCH3 is 1. The minimum Gasteiger partial charge on any atom is -0.504 e. The Kier molecular flexibility index (Phi) is 9.08. The zero-order chi connectivity index (χ0) is 19.7. The molecule has 0 bridgehead atoms. The number of alkyl carbamates (subject to hydrolysis) is 1. The van der Waals surface area contributed by atoms with Gasteiger partial charge in [0.15, 0.2) is 11.5 Å². The first-order valence-electron chi connectivity index (χ1n) is 8.87. The van der Waals surface area contributed by atoms with Gasteiger partial charge in [0.25, 0.3) is 0 Å². The molecule has 7 heteroatoms. The Morgan fingerprint density at radius 2 is 2.04 bits per heavy atom. The number of benzene rings is 1. The molecule has 0 aliphatic heterocycles. The number of aromatic hydroxyl groups is 1. The molecule has 0 radical (unpaired) electrons. The highest BCUT2D eigenvalue weighted by atomic mass is 32.2. The van der Waals surface area contributed by atoms with E-state index >= 15 is 0 Å². The van der Waals surface area contributed by atoms with Gasteiger partial charge >= 0.3 is 6.09 Å². The van der Waals surface area contributed by atoms with E-state index < -0.39 is 5.60 Å². The summed E-state index contributed by atoms with van der Waals surface area (Å²) in [5.74, 6) is 1.10. The first kappa shape index (κ1) is 22.4. The number of rotatable bonds is 9. The van der Waals surface area contributed by atoms with Crippen molar-refractivity contribution < 1.29 is 19.4 Å². The summed E-state index contributed by atoms with van der Waals surface area (Å²) in [6.45, 7) is 12.1. The number of ether oxygens (including phenoxy) is 2. The summed E-state index contributed by atoms with van der Waals surface area (Å²) in [7, 11) is 1.53. The van der Waals surface area contributed by atoms with Crippen LogP contribution in [0.5, 0.6) is 11.5 Å². The number of nitrogens with one attached hydrogen (secondary N) is 1. The van der Waals surface area contributed by atoms with Gasteiger partial charge < -0.3 is 19.9 Å². The van der Waals surface area contributed by atoms with Crippen molar-refractivity contribution in [2.75, 3.05) is 26.7 Å². The molecular formula is C19H32N2O4S. The van der Waals surface area contributed by atoms with Gasteiger partial charge in [0.05, 0.1) is 7.11 Å². The van der Waals surface area contributed by atoms with E-state index in [1.807, 2.05) is 26.8 Å². The third-order valence-electron chi connectivity index (χ3n) is 3.21. The van der Waals surface area contributed by atoms with E-state index in [1.165, 1.54) is 7.11 Å². The van der Waals surface area contributed by atoms with Crippen molar-refractivity contribution >= 4 is 18.0 Å². The number of phenolic OH excluding ortho intramolecular Hbond substituents is 1. The van der Waals surface area contributed by atoms with Gasteiger partial charge in [-0.05, 0) is 63.3 Å². The molecule has 0 saturated heterocycles. The number of hydrogen-bond donors (Lipinski definition) is 2. The monoisotopic (exact) mass is 384 g/mol. The zero-order valence-corrected chi connectivity index (χ0v) is 17.5. The highest BCUT2D eigenvalue weighted by Gasteiger charge is 2.16. The molecule has 0 aliphatic carbocycles. The maximum atomic E-state index is 11.7. The van der Waals surface area contributed by atoms with Crippen molar-refractivity contribution in [3.63, 3.8) is 0 Å². The molecule has 2 N–H and O–H groups in total. The Bertz CT molecular complexity index is 573. The second-order valence-electron chi connectivity index (χ2n) is 7.49. The zero-order valence-electron chi connectivity index (χ0n) is 16.7. The van der Waals surface area contributed by atoms with Crippen LogP contribution in [0.3, 0.4) is 0 Å². The number of amides is 1. The second-order valence-corrected chi connectivity index (χ2v) is 8.66. The molecule has 1 aromatic carbocycles. The van der Waals surface area contributed by atoms with E-state index in [-0.39, 0.29) is 11.8 Å². The van der Waals surface area contributed by atoms with Crippen LogP contribution >= 0.6 is 11.9 Å². The summed E-state index contributed by atoms with van der Waals surface area (Å²) >= 11 is 1.59. The van der Waals surface area contributed by atoms with E-state index in [1.54, 1.807) is 24.1 Å². The molecular weight excluding hydrogens is 352 g/mol. The van der Waals surface area contributed by atoms with Crippen molar-refractivity contribution in [1.29, 1.82) is 0 Å². The normalized spacial score (nSPS) is 11.7. The smallest absolute Gasteiger partial charge is 0.407 e. The van der Waals surface area contributed by atoms with E-state index in [4.69, 9.17) is 9.47 Å². The molecule has 6 nitrogen and oxygen atoms in total. The summed E-state index contributed by atoms with van der Waals surface area (Å²) in [6.07, 6.45) is 0.418. The number of phenols is 1. The van der Waals surface area contributed by atoms with E-state index in [0.29, 0.717) is 18.2 Å². The highest BCUT2D eigenvalue weighted by Crippen LogP contribution is 2.32. The van der Waals surface area contributed by atoms with Gasteiger partial charge in [-0.15, -0.1) is 0 Å². The van der Waals surface area contributed by atoms with E-state index in [0.717, 1.165) is 24.4 Å². The summed E-state index contributed by atoms with van der Waals surface area (Å²) in [5.41, 5.74) is -0.486. The van der Waals surface area contributed by atoms with E-state index in [2.05, 4.69) is 23.5 Å². The van der Waals surface area contributed by atoms with Gasteiger partial charge in [-0.1, -0.05) is 13.8 Å². The van der Waals surface area contributed by atoms with Crippen molar-refractivity contribution in [3.8, 4) is 11.5 Å². The Morgan fingerprint density at radius 1 is 1.35 bits per heavy atom. The maximum Gasteiger partial charge on any atom is 0.407 e. The fraction of sp³-hybridized carbons (Fsp3) is 0.632. The maximum absolute atomic E-state index is 11.7. The lowest BCUT2D eigenvalue weighted by atomic mass is 10.2. The van der Waals surface area contributed by atoms with Gasteiger partial charge in [-0.2, -0.15) is 0 Å². The average molecular weight is 385 g/mol. The predicted octanol–water partition coefficient (Wildman–Crippen LogP) is 4.28. The minimum atomic E-state index is -0.486. The van der Waals surface area contributed by atoms with Crippen LogP contribution in [-0.4, -0.2) is 47.9 Å². The number of carbonyl (C=O) groups is 1. The summed E-state index contributed by atoms with van der Waals surface area (Å²) in [6, 6.07) is 5.39. The van der Waals surface area contributed by atoms with Gasteiger partial charge in [0.1, 0.15) is 5.60 Å². The van der Waals surface area contributed by atoms with Crippen LogP contribution in [0, 0.1) is 5.92 Å². The van der Waals surface area contributed by atoms with Crippen molar-refractivity contribution in [1.82, 2.24) is 9.62 Å². The largest absolute Gasteiger partial charge is 0.504 e. The Labute approximate surface area is 161 Å². The van der Waals surface area contributed by atoms with Gasteiger partial charge in [0, 0.05) is 24.5 Å². The molecule has 0 heterocycles. The predicted molar refractivity (Wildman–Crippen MR) is 106 cm³/mol. The minimum absolute atomic E-state index is 0.133. The Hall–Kier alpha value is -1.60. The van der Waals surface area contributed by atoms with Crippen LogP contribution in [0.2, 0.25) is 0 Å². The van der Waals surface area contributed by atoms with Crippen LogP contribution in [-0.2, 0) is 4.74 Å². The first-order valence-corrected chi connectivity index (χ1v) is 9.65. The van der Waals surface area contributed by atoms with Crippen molar-refractivity contribution in [2.24, 2.45) is 5.92 Å². The van der Waals surface area contributed by atoms with Crippen LogP contribution in [0.4, 0.5) is 4.79 Å². The molecule has 1 aromatic rings. The number of nitrogens with zero attached hydrogens (tertiary/aromatic N) is 1. The molecule has 0 saturated carbocycles. The lowest BCUT2D eigenvalue weighted by Crippen LogP contribution is -2.34. The van der Waals surface area contributed by atoms with Gasteiger partial charge in [-0.25, -0.2) is 9.10 Å². The fourth-order valence-corrected chi connectivity index (χ4v) is 3.40. The fourth-order valence-electron chi connectivity index (χ4n) is 2.22. The molecule has 0 spiro atoms. The van der Waals surface area contributed by atoms with Crippen LogP contribution in [0.15, 0.2) is 23.1 Å². The summed E-state index contributed by atoms with van der Waals surface area (Å²) < 4.78 is 12.6. The molecule has 0 unspecified atom stereocenters. The third-order valence-corrected chi connectivity index (χ3v) is 4.26. The number of carbonyl (C=O) groups excluding carboxylic acids is 1. The molecule has 148 valence electrons. The summed E-state index contributed by atoms with van der Waals surface area (Å²) in [5, 5.41) is 12.7. The van der Waals surface area contributed by atoms with Crippen LogP contribution in [0.25, 0.3) is 0 Å².